The van der Waals surface area contributed by atoms with E-state index >= 15 is 0 Å². The van der Waals surface area contributed by atoms with Gasteiger partial charge in [0.15, 0.2) is 6.61 Å². The summed E-state index contributed by atoms with van der Waals surface area (Å²) in [6.07, 6.45) is 1.58. The van der Waals surface area contributed by atoms with Crippen molar-refractivity contribution in [1.29, 1.82) is 5.26 Å². The molecule has 0 bridgehead atoms. The van der Waals surface area contributed by atoms with E-state index in [4.69, 9.17) is 9.84 Å². The maximum absolute atomic E-state index is 10.4. The quantitative estimate of drug-likeness (QED) is 0.578. The molecule has 0 spiro atoms. The highest BCUT2D eigenvalue weighted by Gasteiger charge is 2.05. The number of allylic oxidation sites excluding steroid dienone is 1. The third kappa shape index (κ3) is 4.51. The van der Waals surface area contributed by atoms with Crippen molar-refractivity contribution >= 4 is 17.6 Å². The Bertz CT molecular complexity index is 767. The second-order valence-electron chi connectivity index (χ2n) is 4.66. The number of nitriles is 1. The van der Waals surface area contributed by atoms with Gasteiger partial charge >= 0.3 is 5.97 Å². The molecule has 6 nitrogen and oxygen atoms in total. The maximum Gasteiger partial charge on any atom is 0.341 e. The van der Waals surface area contributed by atoms with Gasteiger partial charge in [-0.05, 0) is 41.5 Å². The van der Waals surface area contributed by atoms with Crippen LogP contribution in [0, 0.1) is 11.3 Å². The van der Waals surface area contributed by atoms with Gasteiger partial charge in [-0.2, -0.15) is 5.26 Å². The van der Waals surface area contributed by atoms with E-state index in [1.54, 1.807) is 30.3 Å². The van der Waals surface area contributed by atoms with Crippen LogP contribution in [0.2, 0.25) is 0 Å². The van der Waals surface area contributed by atoms with Gasteiger partial charge in [0, 0.05) is 6.07 Å². The molecule has 2 aromatic rings. The molecule has 0 aliphatic heterocycles. The molecule has 0 fully saturated rings. The molecule has 0 unspecified atom stereocenters. The number of hydrogen-bond acceptors (Lipinski definition) is 5. The number of benzene rings is 2. The summed E-state index contributed by atoms with van der Waals surface area (Å²) in [5, 5.41) is 36.8. The second kappa shape index (κ2) is 7.00. The molecule has 23 heavy (non-hydrogen) atoms. The highest BCUT2D eigenvalue weighted by molar-refractivity contribution is 5.90. The van der Waals surface area contributed by atoms with E-state index < -0.39 is 12.6 Å². The molecule has 0 amide bonds. The van der Waals surface area contributed by atoms with Crippen molar-refractivity contribution in [3.05, 3.63) is 53.6 Å². The van der Waals surface area contributed by atoms with E-state index in [0.29, 0.717) is 16.9 Å². The molecule has 0 aliphatic rings. The minimum atomic E-state index is -1.07. The normalized spacial score (nSPS) is 10.8. The minimum absolute atomic E-state index is 0.140. The van der Waals surface area contributed by atoms with Crippen molar-refractivity contribution in [1.82, 2.24) is 0 Å². The van der Waals surface area contributed by atoms with Crippen LogP contribution in [-0.2, 0) is 4.79 Å². The van der Waals surface area contributed by atoms with Crippen LogP contribution < -0.4 is 4.74 Å². The van der Waals surface area contributed by atoms with Crippen molar-refractivity contribution in [2.75, 3.05) is 6.61 Å². The molecule has 6 heteroatoms. The molecule has 2 rings (SSSR count). The summed E-state index contributed by atoms with van der Waals surface area (Å²) in [4.78, 5) is 10.4. The van der Waals surface area contributed by atoms with Crippen molar-refractivity contribution in [3.8, 4) is 23.3 Å². The molecular formula is C17H13NO5. The molecular weight excluding hydrogens is 298 g/mol. The predicted molar refractivity (Wildman–Crippen MR) is 82.8 cm³/mol. The summed E-state index contributed by atoms with van der Waals surface area (Å²) < 4.78 is 5.02. The molecule has 0 saturated carbocycles. The lowest BCUT2D eigenvalue weighted by molar-refractivity contribution is -0.139. The summed E-state index contributed by atoms with van der Waals surface area (Å²) in [7, 11) is 0. The Hall–Kier alpha value is -3.46. The molecule has 0 atom stereocenters. The number of ether oxygens (including phenoxy) is 1. The third-order valence-corrected chi connectivity index (χ3v) is 2.89. The van der Waals surface area contributed by atoms with Crippen molar-refractivity contribution in [2.45, 2.75) is 0 Å². The lowest BCUT2D eigenvalue weighted by Gasteiger charge is -2.04. The largest absolute Gasteiger partial charge is 0.508 e. The zero-order chi connectivity index (χ0) is 16.8. The summed E-state index contributed by atoms with van der Waals surface area (Å²) in [6.45, 7) is -0.429. The van der Waals surface area contributed by atoms with Gasteiger partial charge < -0.3 is 20.1 Å². The average Bonchev–Trinajstić information content (AvgIpc) is 2.50. The first-order chi connectivity index (χ1) is 11.0. The van der Waals surface area contributed by atoms with Crippen LogP contribution in [0.25, 0.3) is 11.6 Å². The minimum Gasteiger partial charge on any atom is -0.508 e. The number of phenolic OH excluding ortho intramolecular Hbond substituents is 2. The van der Waals surface area contributed by atoms with Crippen molar-refractivity contribution in [3.63, 3.8) is 0 Å². The van der Waals surface area contributed by atoms with Gasteiger partial charge in [-0.15, -0.1) is 0 Å². The number of carboxylic acid groups (broad SMARTS) is 1. The number of aliphatic carboxylic acids is 1. The van der Waals surface area contributed by atoms with Crippen molar-refractivity contribution < 1.29 is 24.9 Å². The number of phenols is 2. The summed E-state index contributed by atoms with van der Waals surface area (Å²) in [5.41, 5.74) is 1.33. The Morgan fingerprint density at radius 3 is 2.26 bits per heavy atom. The van der Waals surface area contributed by atoms with Gasteiger partial charge in [0.1, 0.15) is 17.2 Å². The van der Waals surface area contributed by atoms with E-state index in [-0.39, 0.29) is 17.1 Å². The van der Waals surface area contributed by atoms with Crippen molar-refractivity contribution in [2.24, 2.45) is 0 Å². The number of carboxylic acids is 1. The van der Waals surface area contributed by atoms with E-state index in [1.165, 1.54) is 18.2 Å². The molecule has 116 valence electrons. The first kappa shape index (κ1) is 15.9. The monoisotopic (exact) mass is 311 g/mol. The molecule has 3 N–H and O–H groups in total. The Labute approximate surface area is 132 Å². The summed E-state index contributed by atoms with van der Waals surface area (Å²) in [6, 6.07) is 12.4. The Morgan fingerprint density at radius 1 is 1.13 bits per heavy atom. The number of carbonyl (C=O) groups is 1. The van der Waals surface area contributed by atoms with E-state index in [2.05, 4.69) is 0 Å². The van der Waals surface area contributed by atoms with E-state index in [9.17, 15) is 20.3 Å². The highest BCUT2D eigenvalue weighted by atomic mass is 16.5. The topological polar surface area (TPSA) is 111 Å². The lowest BCUT2D eigenvalue weighted by Crippen LogP contribution is -2.09. The molecule has 0 heterocycles. The summed E-state index contributed by atoms with van der Waals surface area (Å²) in [5.74, 6) is -0.945. The molecule has 2 aromatic carbocycles. The average molecular weight is 311 g/mol. The van der Waals surface area contributed by atoms with Crippen LogP contribution in [0.1, 0.15) is 11.1 Å². The van der Waals surface area contributed by atoms with Crippen LogP contribution >= 0.6 is 0 Å². The standard InChI is InChI=1S/C17H13NO5/c18-9-13(12-6-14(19)8-15(20)7-12)5-11-1-3-16(4-2-11)23-10-17(21)22/h1-8,19-20H,10H2,(H,21,22)/b13-5+. The highest BCUT2D eigenvalue weighted by Crippen LogP contribution is 2.27. The number of hydrogen-bond donors (Lipinski definition) is 3. The zero-order valence-corrected chi connectivity index (χ0v) is 11.9. The van der Waals surface area contributed by atoms with Gasteiger partial charge in [-0.3, -0.25) is 0 Å². The van der Waals surface area contributed by atoms with Gasteiger partial charge in [-0.25, -0.2) is 4.79 Å². The predicted octanol–water partition coefficient (Wildman–Crippen LogP) is 2.63. The van der Waals surface area contributed by atoms with Gasteiger partial charge in [0.05, 0.1) is 11.6 Å². The van der Waals surface area contributed by atoms with Gasteiger partial charge in [0.2, 0.25) is 0 Å². The Kier molecular flexibility index (Phi) is 4.85. The number of nitrogens with zero attached hydrogens (tertiary/aromatic N) is 1. The fourth-order valence-electron chi connectivity index (χ4n) is 1.90. The van der Waals surface area contributed by atoms with E-state index in [0.717, 1.165) is 0 Å². The molecule has 0 aromatic heterocycles. The Balaban J connectivity index is 2.24. The molecule has 0 saturated heterocycles. The van der Waals surface area contributed by atoms with Gasteiger partial charge in [-0.1, -0.05) is 12.1 Å². The fraction of sp³-hybridized carbons (Fsp3) is 0.0588. The van der Waals surface area contributed by atoms with Crippen LogP contribution in [0.4, 0.5) is 0 Å². The Morgan fingerprint density at radius 2 is 1.74 bits per heavy atom. The van der Waals surface area contributed by atoms with E-state index in [1.807, 2.05) is 6.07 Å². The van der Waals surface area contributed by atoms with Crippen LogP contribution in [0.5, 0.6) is 17.2 Å². The third-order valence-electron chi connectivity index (χ3n) is 2.89. The SMILES string of the molecule is N#C/C(=C\c1ccc(OCC(=O)O)cc1)c1cc(O)cc(O)c1. The first-order valence-corrected chi connectivity index (χ1v) is 6.58. The summed E-state index contributed by atoms with van der Waals surface area (Å²) >= 11 is 0. The number of aromatic hydroxyl groups is 2. The van der Waals surface area contributed by atoms with Crippen LogP contribution in [0.15, 0.2) is 42.5 Å². The second-order valence-corrected chi connectivity index (χ2v) is 4.66. The first-order valence-electron chi connectivity index (χ1n) is 6.58. The van der Waals surface area contributed by atoms with Crippen LogP contribution in [-0.4, -0.2) is 27.9 Å². The molecule has 0 radical (unpaired) electrons. The fourth-order valence-corrected chi connectivity index (χ4v) is 1.90. The maximum atomic E-state index is 10.4. The van der Waals surface area contributed by atoms with Gasteiger partial charge in [0.25, 0.3) is 0 Å². The zero-order valence-electron chi connectivity index (χ0n) is 11.9. The molecule has 0 aliphatic carbocycles. The number of rotatable bonds is 5. The lowest BCUT2D eigenvalue weighted by atomic mass is 10.0. The smallest absolute Gasteiger partial charge is 0.341 e. The van der Waals surface area contributed by atoms with Crippen LogP contribution in [0.3, 0.4) is 0 Å².